The molecule has 1 aliphatic carbocycles. The van der Waals surface area contributed by atoms with Crippen LogP contribution in [0.4, 0.5) is 5.69 Å². The van der Waals surface area contributed by atoms with E-state index in [1.165, 1.54) is 10.6 Å². The van der Waals surface area contributed by atoms with E-state index in [0.29, 0.717) is 36.2 Å². The number of nitrogens with zero attached hydrogens (tertiary/aromatic N) is 3. The molecule has 1 aliphatic heterocycles. The van der Waals surface area contributed by atoms with Crippen molar-refractivity contribution < 1.29 is 29.3 Å². The lowest BCUT2D eigenvalue weighted by Gasteiger charge is -2.33. The van der Waals surface area contributed by atoms with Gasteiger partial charge in [-0.25, -0.2) is 14.6 Å². The molecule has 10 heteroatoms. The number of carbonyl (C=O) groups is 3. The van der Waals surface area contributed by atoms with Crippen LogP contribution in [0.2, 0.25) is 5.02 Å². The van der Waals surface area contributed by atoms with Crippen LogP contribution >= 0.6 is 11.6 Å². The van der Waals surface area contributed by atoms with Gasteiger partial charge in [-0.05, 0) is 75.8 Å². The molecule has 2 aromatic rings. The fourth-order valence-electron chi connectivity index (χ4n) is 3.88. The van der Waals surface area contributed by atoms with E-state index in [1.54, 1.807) is 0 Å². The lowest BCUT2D eigenvalue weighted by atomic mass is 9.79. The number of aliphatic carboxylic acids is 2. The van der Waals surface area contributed by atoms with Gasteiger partial charge >= 0.3 is 11.9 Å². The number of fused-ring (bicyclic) bond motifs is 3. The van der Waals surface area contributed by atoms with E-state index in [4.69, 9.17) is 31.7 Å². The maximum atomic E-state index is 12.8. The quantitative estimate of drug-likeness (QED) is 0.520. The van der Waals surface area contributed by atoms with E-state index in [1.807, 2.05) is 50.5 Å². The summed E-state index contributed by atoms with van der Waals surface area (Å²) in [5.74, 6) is -1.54. The molecule has 1 amide bonds. The van der Waals surface area contributed by atoms with E-state index in [2.05, 4.69) is 17.9 Å². The predicted molar refractivity (Wildman–Crippen MR) is 141 cm³/mol. The topological polar surface area (TPSA) is 120 Å². The second-order valence-electron chi connectivity index (χ2n) is 9.06. The normalized spacial score (nSPS) is 17.3. The average molecular weight is 528 g/mol. The first-order valence-electron chi connectivity index (χ1n) is 11.8. The number of likely N-dealkylation sites (N-methyl/N-ethyl adjacent to an activating group) is 1. The van der Waals surface area contributed by atoms with Crippen LogP contribution in [0, 0.1) is 5.92 Å². The zero-order valence-electron chi connectivity index (χ0n) is 20.9. The highest BCUT2D eigenvalue weighted by Crippen LogP contribution is 2.35. The molecule has 2 unspecified atom stereocenters. The number of hydrogen-bond acceptors (Lipinski definition) is 6. The second kappa shape index (κ2) is 12.5. The van der Waals surface area contributed by atoms with Gasteiger partial charge in [-0.2, -0.15) is 5.10 Å². The first-order valence-corrected chi connectivity index (χ1v) is 12.2. The van der Waals surface area contributed by atoms with Crippen molar-refractivity contribution in [2.75, 3.05) is 25.7 Å². The number of ether oxygens (including phenoxy) is 1. The van der Waals surface area contributed by atoms with Crippen LogP contribution < -0.4 is 9.75 Å². The van der Waals surface area contributed by atoms with Gasteiger partial charge in [0.1, 0.15) is 12.4 Å². The van der Waals surface area contributed by atoms with Crippen LogP contribution in [0.1, 0.15) is 30.9 Å². The second-order valence-corrected chi connectivity index (χ2v) is 9.50. The number of hydrazone groups is 1. The minimum atomic E-state index is -1.26. The third-order valence-electron chi connectivity index (χ3n) is 6.18. The highest BCUT2D eigenvalue weighted by molar-refractivity contribution is 6.31. The largest absolute Gasteiger partial charge is 0.492 e. The van der Waals surface area contributed by atoms with Crippen LogP contribution in [0.3, 0.4) is 0 Å². The number of hydrogen-bond donors (Lipinski definition) is 2. The van der Waals surface area contributed by atoms with E-state index < -0.39 is 11.9 Å². The molecule has 0 fully saturated rings. The Hall–Kier alpha value is -3.69. The van der Waals surface area contributed by atoms with Crippen LogP contribution in [-0.4, -0.2) is 65.4 Å². The molecule has 9 nitrogen and oxygen atoms in total. The molecule has 0 saturated carbocycles. The summed E-state index contributed by atoms with van der Waals surface area (Å²) in [6, 6.07) is 13.8. The molecule has 2 aromatic carbocycles. The van der Waals surface area contributed by atoms with Crippen LogP contribution in [0.25, 0.3) is 0 Å². The Morgan fingerprint density at radius 1 is 1.16 bits per heavy atom. The summed E-state index contributed by atoms with van der Waals surface area (Å²) >= 11 is 6.23. The summed E-state index contributed by atoms with van der Waals surface area (Å²) < 4.78 is 5.85. The van der Waals surface area contributed by atoms with Gasteiger partial charge in [0.15, 0.2) is 0 Å². The molecule has 2 atom stereocenters. The van der Waals surface area contributed by atoms with Crippen LogP contribution in [-0.2, 0) is 20.8 Å². The van der Waals surface area contributed by atoms with Crippen molar-refractivity contribution in [3.8, 4) is 5.75 Å². The lowest BCUT2D eigenvalue weighted by Crippen LogP contribution is -2.39. The summed E-state index contributed by atoms with van der Waals surface area (Å²) in [5.41, 5.74) is 4.04. The summed E-state index contributed by atoms with van der Waals surface area (Å²) in [4.78, 5) is 34.0. The number of amides is 1. The molecular formula is C27H30ClN3O6. The Bertz CT molecular complexity index is 1190. The molecule has 196 valence electrons. The minimum absolute atomic E-state index is 0.0270. The van der Waals surface area contributed by atoms with E-state index in [9.17, 15) is 14.4 Å². The number of carboxylic acids is 2. The van der Waals surface area contributed by atoms with Gasteiger partial charge in [-0.1, -0.05) is 17.7 Å². The molecule has 2 aliphatic rings. The van der Waals surface area contributed by atoms with Gasteiger partial charge in [0.25, 0.3) is 0 Å². The number of aryl methyl sites for hydroxylation is 1. The molecule has 0 saturated heterocycles. The number of halogens is 1. The van der Waals surface area contributed by atoms with E-state index in [-0.39, 0.29) is 11.8 Å². The summed E-state index contributed by atoms with van der Waals surface area (Å²) in [5, 5.41) is 22.6. The minimum Gasteiger partial charge on any atom is -0.492 e. The maximum absolute atomic E-state index is 12.8. The monoisotopic (exact) mass is 527 g/mol. The first-order chi connectivity index (χ1) is 17.5. The Morgan fingerprint density at radius 3 is 2.41 bits per heavy atom. The standard InChI is InChI=1S/C23H26ClN3O2.C4H4O4/c1-15(26(2)3)14-29-20-10-8-19(9-11-20)27-22(28)12-17-5-4-16-6-7-18(24)13-21(16)23(17)25-27;5-3(6)1-2-4(7)8/h6-11,13,15,17H,4-5,12,14H2,1-3H3;1-2H,(H,5,6)(H,7,8)/b;2-1+. The lowest BCUT2D eigenvalue weighted by molar-refractivity contribution is -0.134. The molecule has 0 aromatic heterocycles. The van der Waals surface area contributed by atoms with Crippen molar-refractivity contribution in [3.05, 3.63) is 70.8 Å². The molecule has 2 N–H and O–H groups in total. The van der Waals surface area contributed by atoms with Crippen molar-refractivity contribution in [3.63, 3.8) is 0 Å². The van der Waals surface area contributed by atoms with E-state index in [0.717, 1.165) is 35.6 Å². The average Bonchev–Trinajstić information content (AvgIpc) is 2.86. The SMILES string of the molecule is CC(COc1ccc(N2N=C3c4cc(Cl)ccc4CCC3CC2=O)cc1)N(C)C.O=C(O)/C=C/C(=O)O. The number of anilines is 1. The highest BCUT2D eigenvalue weighted by atomic mass is 35.5. The van der Waals surface area contributed by atoms with Crippen LogP contribution in [0.5, 0.6) is 5.75 Å². The maximum Gasteiger partial charge on any atom is 0.328 e. The molecule has 0 bridgehead atoms. The van der Waals surface area contributed by atoms with Crippen molar-refractivity contribution in [1.82, 2.24) is 4.90 Å². The number of rotatable bonds is 7. The molecule has 0 spiro atoms. The fraction of sp³-hybridized carbons (Fsp3) is 0.333. The van der Waals surface area contributed by atoms with Crippen molar-refractivity contribution in [1.29, 1.82) is 0 Å². The third kappa shape index (κ3) is 7.65. The van der Waals surface area contributed by atoms with Gasteiger partial charge in [0.2, 0.25) is 5.91 Å². The highest BCUT2D eigenvalue weighted by Gasteiger charge is 2.34. The zero-order valence-corrected chi connectivity index (χ0v) is 21.7. The smallest absolute Gasteiger partial charge is 0.328 e. The molecular weight excluding hydrogens is 498 g/mol. The molecule has 37 heavy (non-hydrogen) atoms. The Balaban J connectivity index is 0.000000414. The predicted octanol–water partition coefficient (Wildman–Crippen LogP) is 4.08. The van der Waals surface area contributed by atoms with Gasteiger partial charge in [-0.3, -0.25) is 4.79 Å². The number of carboxylic acid groups (broad SMARTS) is 2. The molecule has 0 radical (unpaired) electrons. The van der Waals surface area contributed by atoms with E-state index >= 15 is 0 Å². The van der Waals surface area contributed by atoms with Gasteiger partial charge < -0.3 is 19.8 Å². The Morgan fingerprint density at radius 2 is 1.81 bits per heavy atom. The molecule has 4 rings (SSSR count). The summed E-state index contributed by atoms with van der Waals surface area (Å²) in [6.07, 6.45) is 3.50. The van der Waals surface area contributed by atoms with Crippen molar-refractivity contribution >= 4 is 40.8 Å². The van der Waals surface area contributed by atoms with Gasteiger partial charge in [0, 0.05) is 41.1 Å². The Labute approximate surface area is 220 Å². The third-order valence-corrected chi connectivity index (χ3v) is 6.42. The summed E-state index contributed by atoms with van der Waals surface area (Å²) in [6.45, 7) is 2.72. The van der Waals surface area contributed by atoms with Gasteiger partial charge in [0.05, 0.1) is 11.4 Å². The first kappa shape index (κ1) is 27.9. The Kier molecular flexibility index (Phi) is 9.43. The summed E-state index contributed by atoms with van der Waals surface area (Å²) in [7, 11) is 4.06. The van der Waals surface area contributed by atoms with Gasteiger partial charge in [-0.15, -0.1) is 0 Å². The van der Waals surface area contributed by atoms with Crippen molar-refractivity contribution in [2.45, 2.75) is 32.2 Å². The molecule has 1 heterocycles. The fourth-order valence-corrected chi connectivity index (χ4v) is 4.05. The van der Waals surface area contributed by atoms with Crippen LogP contribution in [0.15, 0.2) is 59.7 Å². The number of benzene rings is 2. The van der Waals surface area contributed by atoms with Crippen molar-refractivity contribution in [2.24, 2.45) is 11.0 Å². The number of carbonyl (C=O) groups excluding carboxylic acids is 1. The zero-order chi connectivity index (χ0) is 27.1.